The zero-order valence-corrected chi connectivity index (χ0v) is 10.1. The summed E-state index contributed by atoms with van der Waals surface area (Å²) in [6, 6.07) is 5.33. The van der Waals surface area contributed by atoms with Gasteiger partial charge in [-0.1, -0.05) is 12.1 Å². The fourth-order valence-electron chi connectivity index (χ4n) is 2.08. The minimum absolute atomic E-state index is 0.142. The Balaban J connectivity index is 2.31. The molecule has 0 bridgehead atoms. The van der Waals surface area contributed by atoms with Crippen LogP contribution in [0.4, 0.5) is 10.5 Å². The molecule has 4 nitrogen and oxygen atoms in total. The average molecular weight is 235 g/mol. The SMILES string of the molecule is CC(C)OC(=O)N1CCCc2cccc(O)c21. The van der Waals surface area contributed by atoms with Gasteiger partial charge >= 0.3 is 6.09 Å². The van der Waals surface area contributed by atoms with Crippen molar-refractivity contribution in [3.05, 3.63) is 23.8 Å². The molecular formula is C13H17NO3. The van der Waals surface area contributed by atoms with Crippen molar-refractivity contribution in [3.8, 4) is 5.75 Å². The van der Waals surface area contributed by atoms with E-state index in [0.29, 0.717) is 12.2 Å². The van der Waals surface area contributed by atoms with Crippen LogP contribution in [0.5, 0.6) is 5.75 Å². The number of fused-ring (bicyclic) bond motifs is 1. The van der Waals surface area contributed by atoms with Gasteiger partial charge in [0.25, 0.3) is 0 Å². The van der Waals surface area contributed by atoms with Gasteiger partial charge in [0.1, 0.15) is 5.75 Å². The van der Waals surface area contributed by atoms with E-state index in [1.807, 2.05) is 19.9 Å². The maximum atomic E-state index is 11.9. The summed E-state index contributed by atoms with van der Waals surface area (Å²) in [5, 5.41) is 9.86. The van der Waals surface area contributed by atoms with E-state index >= 15 is 0 Å². The van der Waals surface area contributed by atoms with Crippen LogP contribution in [0.25, 0.3) is 0 Å². The molecule has 1 aliphatic rings. The summed E-state index contributed by atoms with van der Waals surface area (Å²) < 4.78 is 5.18. The zero-order chi connectivity index (χ0) is 12.4. The first-order chi connectivity index (χ1) is 8.09. The molecule has 1 aromatic carbocycles. The summed E-state index contributed by atoms with van der Waals surface area (Å²) in [4.78, 5) is 13.4. The second kappa shape index (κ2) is 4.65. The van der Waals surface area contributed by atoms with Gasteiger partial charge in [0.05, 0.1) is 11.8 Å². The van der Waals surface area contributed by atoms with Gasteiger partial charge < -0.3 is 9.84 Å². The maximum Gasteiger partial charge on any atom is 0.414 e. The second-order valence-electron chi connectivity index (χ2n) is 4.47. The first-order valence-corrected chi connectivity index (χ1v) is 5.88. The van der Waals surface area contributed by atoms with E-state index in [9.17, 15) is 9.90 Å². The van der Waals surface area contributed by atoms with Crippen molar-refractivity contribution in [2.24, 2.45) is 0 Å². The highest BCUT2D eigenvalue weighted by molar-refractivity contribution is 5.91. The predicted octanol–water partition coefficient (Wildman–Crippen LogP) is 2.69. The van der Waals surface area contributed by atoms with Crippen molar-refractivity contribution in [1.29, 1.82) is 0 Å². The van der Waals surface area contributed by atoms with Crippen LogP contribution in [0.1, 0.15) is 25.8 Å². The van der Waals surface area contributed by atoms with Crippen LogP contribution in [0, 0.1) is 0 Å². The summed E-state index contributed by atoms with van der Waals surface area (Å²) in [5.74, 6) is 0.142. The van der Waals surface area contributed by atoms with Gasteiger partial charge in [0.15, 0.2) is 0 Å². The van der Waals surface area contributed by atoms with Crippen molar-refractivity contribution in [3.63, 3.8) is 0 Å². The third-order valence-corrected chi connectivity index (χ3v) is 2.75. The lowest BCUT2D eigenvalue weighted by Gasteiger charge is -2.29. The van der Waals surface area contributed by atoms with E-state index < -0.39 is 0 Å². The largest absolute Gasteiger partial charge is 0.506 e. The summed E-state index contributed by atoms with van der Waals surface area (Å²) in [6.45, 7) is 4.22. The smallest absolute Gasteiger partial charge is 0.414 e. The molecule has 2 rings (SSSR count). The van der Waals surface area contributed by atoms with Crippen molar-refractivity contribution in [1.82, 2.24) is 0 Å². The standard InChI is InChI=1S/C13H17NO3/c1-9(2)17-13(16)14-8-4-6-10-5-3-7-11(15)12(10)14/h3,5,7,9,15H,4,6,8H2,1-2H3. The first-order valence-electron chi connectivity index (χ1n) is 5.88. The molecule has 0 unspecified atom stereocenters. The molecule has 0 spiro atoms. The molecule has 0 fully saturated rings. The zero-order valence-electron chi connectivity index (χ0n) is 10.1. The Morgan fingerprint density at radius 3 is 2.94 bits per heavy atom. The number of nitrogens with zero attached hydrogens (tertiary/aromatic N) is 1. The lowest BCUT2D eigenvalue weighted by atomic mass is 10.0. The number of aryl methyl sites for hydroxylation is 1. The number of hydrogen-bond donors (Lipinski definition) is 1. The number of hydrogen-bond acceptors (Lipinski definition) is 3. The fourth-order valence-corrected chi connectivity index (χ4v) is 2.08. The molecule has 92 valence electrons. The van der Waals surface area contributed by atoms with Crippen LogP contribution in [-0.2, 0) is 11.2 Å². The average Bonchev–Trinajstić information content (AvgIpc) is 2.28. The number of amides is 1. The summed E-state index contributed by atoms with van der Waals surface area (Å²) >= 11 is 0. The number of ether oxygens (including phenoxy) is 1. The summed E-state index contributed by atoms with van der Waals surface area (Å²) in [5.41, 5.74) is 1.60. The predicted molar refractivity (Wildman–Crippen MR) is 65.4 cm³/mol. The normalized spacial score (nSPS) is 14.6. The van der Waals surface area contributed by atoms with E-state index in [2.05, 4.69) is 0 Å². The Morgan fingerprint density at radius 1 is 1.47 bits per heavy atom. The van der Waals surface area contributed by atoms with Crippen molar-refractivity contribution in [2.45, 2.75) is 32.8 Å². The molecule has 17 heavy (non-hydrogen) atoms. The highest BCUT2D eigenvalue weighted by Crippen LogP contribution is 2.35. The molecule has 0 saturated heterocycles. The number of carbonyl (C=O) groups excluding carboxylic acids is 1. The molecule has 1 aliphatic heterocycles. The van der Waals surface area contributed by atoms with Crippen LogP contribution in [0.15, 0.2) is 18.2 Å². The molecule has 0 radical (unpaired) electrons. The van der Waals surface area contributed by atoms with E-state index in [1.165, 1.54) is 4.90 Å². The first kappa shape index (κ1) is 11.8. The van der Waals surface area contributed by atoms with Gasteiger partial charge in [0, 0.05) is 6.54 Å². The highest BCUT2D eigenvalue weighted by atomic mass is 16.6. The second-order valence-corrected chi connectivity index (χ2v) is 4.47. The van der Waals surface area contributed by atoms with Crippen LogP contribution in [0.2, 0.25) is 0 Å². The topological polar surface area (TPSA) is 49.8 Å². The van der Waals surface area contributed by atoms with E-state index in [0.717, 1.165) is 18.4 Å². The third-order valence-electron chi connectivity index (χ3n) is 2.75. The van der Waals surface area contributed by atoms with Crippen molar-refractivity contribution in [2.75, 3.05) is 11.4 Å². The quantitative estimate of drug-likeness (QED) is 0.814. The minimum atomic E-state index is -0.387. The van der Waals surface area contributed by atoms with Gasteiger partial charge in [-0.15, -0.1) is 0 Å². The molecular weight excluding hydrogens is 218 g/mol. The fraction of sp³-hybridized carbons (Fsp3) is 0.462. The molecule has 4 heteroatoms. The molecule has 0 aromatic heterocycles. The Hall–Kier alpha value is -1.71. The number of benzene rings is 1. The molecule has 0 aliphatic carbocycles. The lowest BCUT2D eigenvalue weighted by Crippen LogP contribution is -2.37. The number of anilines is 1. The maximum absolute atomic E-state index is 11.9. The third kappa shape index (κ3) is 2.35. The van der Waals surface area contributed by atoms with E-state index in [-0.39, 0.29) is 17.9 Å². The van der Waals surface area contributed by atoms with Crippen LogP contribution in [0.3, 0.4) is 0 Å². The Morgan fingerprint density at radius 2 is 2.24 bits per heavy atom. The molecule has 0 saturated carbocycles. The van der Waals surface area contributed by atoms with Gasteiger partial charge in [-0.05, 0) is 38.3 Å². The van der Waals surface area contributed by atoms with Crippen molar-refractivity contribution >= 4 is 11.8 Å². The van der Waals surface area contributed by atoms with Gasteiger partial charge in [-0.25, -0.2) is 4.79 Å². The monoisotopic (exact) mass is 235 g/mol. The van der Waals surface area contributed by atoms with Crippen LogP contribution in [-0.4, -0.2) is 23.8 Å². The Labute approximate surface area is 101 Å². The van der Waals surface area contributed by atoms with Gasteiger partial charge in [0.2, 0.25) is 0 Å². The number of carbonyl (C=O) groups is 1. The number of phenolic OH excluding ortho intramolecular Hbond substituents is 1. The van der Waals surface area contributed by atoms with Crippen LogP contribution >= 0.6 is 0 Å². The van der Waals surface area contributed by atoms with E-state index in [1.54, 1.807) is 12.1 Å². The van der Waals surface area contributed by atoms with E-state index in [4.69, 9.17) is 4.74 Å². The number of phenols is 1. The summed E-state index contributed by atoms with van der Waals surface area (Å²) in [6.07, 6.45) is 1.24. The van der Waals surface area contributed by atoms with Crippen LogP contribution < -0.4 is 4.90 Å². The highest BCUT2D eigenvalue weighted by Gasteiger charge is 2.26. The minimum Gasteiger partial charge on any atom is -0.506 e. The summed E-state index contributed by atoms with van der Waals surface area (Å²) in [7, 11) is 0. The van der Waals surface area contributed by atoms with Gasteiger partial charge in [-0.2, -0.15) is 0 Å². The molecule has 0 atom stereocenters. The Kier molecular flexibility index (Phi) is 3.22. The van der Waals surface area contributed by atoms with Crippen molar-refractivity contribution < 1.29 is 14.6 Å². The molecule has 1 heterocycles. The lowest BCUT2D eigenvalue weighted by molar-refractivity contribution is 0.122. The Bertz CT molecular complexity index is 429. The number of para-hydroxylation sites is 1. The molecule has 1 N–H and O–H groups in total. The number of rotatable bonds is 1. The number of aromatic hydroxyl groups is 1. The molecule has 1 aromatic rings. The molecule has 1 amide bonds. The van der Waals surface area contributed by atoms with Gasteiger partial charge in [-0.3, -0.25) is 4.90 Å².